The summed E-state index contributed by atoms with van der Waals surface area (Å²) in [5.41, 5.74) is 3.71. The van der Waals surface area contributed by atoms with E-state index < -0.39 is 17.7 Å². The number of hydrogen-bond acceptors (Lipinski definition) is 5. The molecule has 3 aromatic carbocycles. The summed E-state index contributed by atoms with van der Waals surface area (Å²) < 4.78 is 5.93. The lowest BCUT2D eigenvalue weighted by Crippen LogP contribution is -2.29. The van der Waals surface area contributed by atoms with Gasteiger partial charge in [0.1, 0.15) is 17.3 Å². The quantitative estimate of drug-likeness (QED) is 0.213. The molecule has 1 saturated heterocycles. The first-order valence-electron chi connectivity index (χ1n) is 11.5. The maximum atomic E-state index is 13.3. The average Bonchev–Trinajstić information content (AvgIpc) is 3.15. The number of hydrogen-bond donors (Lipinski definition) is 1. The van der Waals surface area contributed by atoms with Crippen molar-refractivity contribution in [3.05, 3.63) is 125 Å². The van der Waals surface area contributed by atoms with Crippen LogP contribution < -0.4 is 9.64 Å². The number of ketones is 1. The molecule has 0 saturated carbocycles. The normalized spacial score (nSPS) is 16.8. The topological polar surface area (TPSA) is 79.7 Å². The highest BCUT2D eigenvalue weighted by molar-refractivity contribution is 6.51. The Morgan fingerprint density at radius 3 is 2.28 bits per heavy atom. The Labute approximate surface area is 209 Å². The van der Waals surface area contributed by atoms with Crippen LogP contribution in [-0.4, -0.2) is 21.8 Å². The number of aliphatic hydroxyl groups excluding tert-OH is 1. The molecule has 0 aliphatic carbocycles. The number of ether oxygens (including phenoxy) is 1. The van der Waals surface area contributed by atoms with E-state index in [4.69, 9.17) is 4.74 Å². The van der Waals surface area contributed by atoms with Crippen molar-refractivity contribution in [1.29, 1.82) is 0 Å². The summed E-state index contributed by atoms with van der Waals surface area (Å²) in [6.07, 6.45) is 3.22. The smallest absolute Gasteiger partial charge is 0.300 e. The predicted octanol–water partition coefficient (Wildman–Crippen LogP) is 6.12. The Kier molecular flexibility index (Phi) is 6.09. The lowest BCUT2D eigenvalue weighted by molar-refractivity contribution is -0.132. The van der Waals surface area contributed by atoms with E-state index in [-0.39, 0.29) is 11.3 Å². The van der Waals surface area contributed by atoms with Gasteiger partial charge in [-0.3, -0.25) is 19.5 Å². The Hall–Kier alpha value is -4.71. The molecule has 1 aromatic heterocycles. The summed E-state index contributed by atoms with van der Waals surface area (Å²) in [6, 6.07) is 24.5. The van der Waals surface area contributed by atoms with E-state index in [0.29, 0.717) is 28.3 Å². The summed E-state index contributed by atoms with van der Waals surface area (Å²) in [7, 11) is 0. The minimum absolute atomic E-state index is 0.0249. The third-order valence-electron chi connectivity index (χ3n) is 6.11. The first kappa shape index (κ1) is 23.1. The van der Waals surface area contributed by atoms with Crippen LogP contribution in [0.3, 0.4) is 0 Å². The van der Waals surface area contributed by atoms with E-state index in [1.807, 2.05) is 50.2 Å². The monoisotopic (exact) mass is 476 g/mol. The molecular formula is C30H24N2O4. The number of rotatable bonds is 5. The van der Waals surface area contributed by atoms with Gasteiger partial charge in [0.15, 0.2) is 0 Å². The zero-order chi connectivity index (χ0) is 25.2. The zero-order valence-corrected chi connectivity index (χ0v) is 19.9. The van der Waals surface area contributed by atoms with Crippen LogP contribution in [0.4, 0.5) is 5.69 Å². The predicted molar refractivity (Wildman–Crippen MR) is 138 cm³/mol. The maximum Gasteiger partial charge on any atom is 0.300 e. The molecule has 0 radical (unpaired) electrons. The number of aromatic nitrogens is 1. The van der Waals surface area contributed by atoms with Crippen molar-refractivity contribution < 1.29 is 19.4 Å². The molecule has 0 spiro atoms. The second kappa shape index (κ2) is 9.50. The number of carbonyl (C=O) groups is 2. The molecular weight excluding hydrogens is 452 g/mol. The van der Waals surface area contributed by atoms with Gasteiger partial charge >= 0.3 is 0 Å². The van der Waals surface area contributed by atoms with Crippen molar-refractivity contribution in [2.45, 2.75) is 19.9 Å². The Morgan fingerprint density at radius 1 is 0.861 bits per heavy atom. The molecule has 178 valence electrons. The molecule has 2 heterocycles. The number of amides is 1. The SMILES string of the molecule is Cc1ccc(/C(O)=C2/C(=O)C(=O)N(c3ccc(Oc4cccc(C)c4)cc3)C2c2cccnc2)cc1. The van der Waals surface area contributed by atoms with Crippen molar-refractivity contribution in [2.24, 2.45) is 0 Å². The average molecular weight is 477 g/mol. The van der Waals surface area contributed by atoms with E-state index in [1.54, 1.807) is 60.9 Å². The van der Waals surface area contributed by atoms with Crippen LogP contribution in [0.1, 0.15) is 28.3 Å². The largest absolute Gasteiger partial charge is 0.507 e. The van der Waals surface area contributed by atoms with Crippen LogP contribution in [0.15, 0.2) is 103 Å². The maximum absolute atomic E-state index is 13.3. The standard InChI is InChI=1S/C30H24N2O4/c1-19-8-10-21(11-9-19)28(33)26-27(22-6-4-16-31-18-22)32(30(35)29(26)34)23-12-14-24(15-13-23)36-25-7-3-5-20(2)17-25/h3-18,27,33H,1-2H3/b28-26-. The van der Waals surface area contributed by atoms with E-state index in [1.165, 1.54) is 4.90 Å². The number of aliphatic hydroxyl groups is 1. The van der Waals surface area contributed by atoms with Gasteiger partial charge in [-0.2, -0.15) is 0 Å². The molecule has 1 aliphatic heterocycles. The van der Waals surface area contributed by atoms with Gasteiger partial charge in [-0.25, -0.2) is 0 Å². The molecule has 0 bridgehead atoms. The van der Waals surface area contributed by atoms with E-state index in [0.717, 1.165) is 11.1 Å². The van der Waals surface area contributed by atoms with E-state index in [2.05, 4.69) is 4.98 Å². The minimum atomic E-state index is -0.830. The molecule has 6 heteroatoms. The van der Waals surface area contributed by atoms with Gasteiger partial charge < -0.3 is 9.84 Å². The Morgan fingerprint density at radius 2 is 1.61 bits per heavy atom. The second-order valence-electron chi connectivity index (χ2n) is 8.73. The summed E-state index contributed by atoms with van der Waals surface area (Å²) in [5, 5.41) is 11.2. The van der Waals surface area contributed by atoms with Gasteiger partial charge in [0, 0.05) is 23.6 Å². The molecule has 1 fully saturated rings. The summed E-state index contributed by atoms with van der Waals surface area (Å²) in [4.78, 5) is 32.1. The second-order valence-corrected chi connectivity index (χ2v) is 8.73. The van der Waals surface area contributed by atoms with Crippen LogP contribution in [0.5, 0.6) is 11.5 Å². The van der Waals surface area contributed by atoms with Gasteiger partial charge in [0.25, 0.3) is 11.7 Å². The Bertz CT molecular complexity index is 1460. The zero-order valence-electron chi connectivity index (χ0n) is 19.9. The Balaban J connectivity index is 1.56. The van der Waals surface area contributed by atoms with Gasteiger partial charge in [0.05, 0.1) is 11.6 Å². The van der Waals surface area contributed by atoms with Crippen LogP contribution in [0.2, 0.25) is 0 Å². The molecule has 6 nitrogen and oxygen atoms in total. The molecule has 4 aromatic rings. The molecule has 5 rings (SSSR count). The highest BCUT2D eigenvalue weighted by Crippen LogP contribution is 2.42. The summed E-state index contributed by atoms with van der Waals surface area (Å²) >= 11 is 0. The fourth-order valence-corrected chi connectivity index (χ4v) is 4.31. The minimum Gasteiger partial charge on any atom is -0.507 e. The van der Waals surface area contributed by atoms with Gasteiger partial charge in [-0.15, -0.1) is 0 Å². The first-order valence-corrected chi connectivity index (χ1v) is 11.5. The van der Waals surface area contributed by atoms with Crippen molar-refractivity contribution in [3.8, 4) is 11.5 Å². The van der Waals surface area contributed by atoms with Gasteiger partial charge in [0.2, 0.25) is 0 Å². The molecule has 1 N–H and O–H groups in total. The summed E-state index contributed by atoms with van der Waals surface area (Å²) in [6.45, 7) is 3.92. The van der Waals surface area contributed by atoms with Crippen LogP contribution in [0, 0.1) is 13.8 Å². The molecule has 36 heavy (non-hydrogen) atoms. The summed E-state index contributed by atoms with van der Waals surface area (Å²) in [5.74, 6) is -0.383. The number of carbonyl (C=O) groups excluding carboxylic acids is 2. The van der Waals surface area contributed by atoms with Crippen LogP contribution in [0.25, 0.3) is 5.76 Å². The third-order valence-corrected chi connectivity index (χ3v) is 6.11. The van der Waals surface area contributed by atoms with Crippen molar-refractivity contribution in [3.63, 3.8) is 0 Å². The third kappa shape index (κ3) is 4.36. The molecule has 1 amide bonds. The van der Waals surface area contributed by atoms with Crippen molar-refractivity contribution in [1.82, 2.24) is 4.98 Å². The van der Waals surface area contributed by atoms with Crippen molar-refractivity contribution in [2.75, 3.05) is 4.90 Å². The number of Topliss-reactive ketones (excluding diaryl/α,β-unsaturated/α-hetero) is 1. The highest BCUT2D eigenvalue weighted by atomic mass is 16.5. The number of pyridine rings is 1. The number of aryl methyl sites for hydroxylation is 2. The number of nitrogens with zero attached hydrogens (tertiary/aromatic N) is 2. The van der Waals surface area contributed by atoms with E-state index in [9.17, 15) is 14.7 Å². The number of anilines is 1. The van der Waals surface area contributed by atoms with Crippen LogP contribution >= 0.6 is 0 Å². The molecule has 1 aliphatic rings. The fourth-order valence-electron chi connectivity index (χ4n) is 4.31. The van der Waals surface area contributed by atoms with Gasteiger partial charge in [-0.1, -0.05) is 48.0 Å². The number of benzene rings is 3. The van der Waals surface area contributed by atoms with Gasteiger partial charge in [-0.05, 0) is 67.4 Å². The molecule has 1 unspecified atom stereocenters. The first-order chi connectivity index (χ1) is 17.4. The van der Waals surface area contributed by atoms with Crippen molar-refractivity contribution >= 4 is 23.1 Å². The van der Waals surface area contributed by atoms with E-state index >= 15 is 0 Å². The van der Waals surface area contributed by atoms with Crippen LogP contribution in [-0.2, 0) is 9.59 Å². The molecule has 1 atom stereocenters. The fraction of sp³-hybridized carbons (Fsp3) is 0.100. The lowest BCUT2D eigenvalue weighted by Gasteiger charge is -2.25. The highest BCUT2D eigenvalue weighted by Gasteiger charge is 2.47. The lowest BCUT2D eigenvalue weighted by atomic mass is 9.96.